The molecule has 0 unspecified atom stereocenters. The molecule has 0 bridgehead atoms. The van der Waals surface area contributed by atoms with Crippen molar-refractivity contribution in [2.45, 2.75) is 18.6 Å². The van der Waals surface area contributed by atoms with Gasteiger partial charge in [-0.05, 0) is 35.7 Å². The lowest BCUT2D eigenvalue weighted by Crippen LogP contribution is -2.42. The van der Waals surface area contributed by atoms with Crippen molar-refractivity contribution >= 4 is 11.9 Å². The first-order chi connectivity index (χ1) is 16.6. The zero-order valence-corrected chi connectivity index (χ0v) is 19.5. The van der Waals surface area contributed by atoms with Crippen molar-refractivity contribution in [1.29, 1.82) is 0 Å². The third-order valence-corrected chi connectivity index (χ3v) is 6.04. The lowest BCUT2D eigenvalue weighted by molar-refractivity contribution is -0.144. The maximum Gasteiger partial charge on any atom is 0.327 e. The van der Waals surface area contributed by atoms with Crippen LogP contribution >= 0.6 is 0 Å². The summed E-state index contributed by atoms with van der Waals surface area (Å²) >= 11 is 0. The summed E-state index contributed by atoms with van der Waals surface area (Å²) in [6, 6.07) is 21.9. The van der Waals surface area contributed by atoms with Crippen LogP contribution in [0, 0.1) is 0 Å². The Morgan fingerprint density at radius 2 is 1.65 bits per heavy atom. The fraction of sp³-hybridized carbons (Fsp3) is 0.259. The summed E-state index contributed by atoms with van der Waals surface area (Å²) in [6.45, 7) is 0.495. The van der Waals surface area contributed by atoms with E-state index in [4.69, 9.17) is 14.2 Å². The minimum atomic E-state index is -0.826. The van der Waals surface area contributed by atoms with Gasteiger partial charge in [-0.3, -0.25) is 10.1 Å². The normalized spacial score (nSPS) is 15.6. The Morgan fingerprint density at radius 1 is 0.941 bits per heavy atom. The molecule has 7 nitrogen and oxygen atoms in total. The fourth-order valence-corrected chi connectivity index (χ4v) is 4.28. The molecule has 0 aliphatic carbocycles. The van der Waals surface area contributed by atoms with E-state index in [2.05, 4.69) is 5.32 Å². The number of carbonyl (C=O) groups excluding carboxylic acids is 2. The Labute approximate surface area is 199 Å². The molecule has 0 spiro atoms. The number of esters is 1. The van der Waals surface area contributed by atoms with Crippen molar-refractivity contribution in [3.63, 3.8) is 0 Å². The zero-order valence-electron chi connectivity index (χ0n) is 19.5. The summed E-state index contributed by atoms with van der Waals surface area (Å²) in [5, 5.41) is 3.38. The van der Waals surface area contributed by atoms with E-state index in [-0.39, 0.29) is 5.91 Å². The summed E-state index contributed by atoms with van der Waals surface area (Å²) < 4.78 is 15.9. The standard InChI is InChI=1S/C27H28N2O5/c1-32-22-14-13-19(17-23(22)33-2)24(27(31)34-3)28-25-20-11-7-8-12-21(20)26(30)29(25)16-15-18-9-5-4-6-10-18/h4-14,17,24-25,28H,15-16H2,1-3H3/t24-,25-/m1/s1. The van der Waals surface area contributed by atoms with Crippen LogP contribution in [0.15, 0.2) is 72.8 Å². The van der Waals surface area contributed by atoms with E-state index in [0.717, 1.165) is 11.1 Å². The Kier molecular flexibility index (Phi) is 7.13. The second kappa shape index (κ2) is 10.4. The monoisotopic (exact) mass is 460 g/mol. The highest BCUT2D eigenvalue weighted by molar-refractivity contribution is 5.99. The number of nitrogens with one attached hydrogen (secondary N) is 1. The molecule has 1 N–H and O–H groups in total. The Bertz CT molecular complexity index is 1160. The van der Waals surface area contributed by atoms with Gasteiger partial charge in [-0.1, -0.05) is 54.6 Å². The van der Waals surface area contributed by atoms with Crippen LogP contribution in [0.3, 0.4) is 0 Å². The molecule has 4 rings (SSSR count). The van der Waals surface area contributed by atoms with Gasteiger partial charge in [0, 0.05) is 17.7 Å². The highest BCUT2D eigenvalue weighted by atomic mass is 16.5. The van der Waals surface area contributed by atoms with Gasteiger partial charge in [-0.2, -0.15) is 0 Å². The van der Waals surface area contributed by atoms with Gasteiger partial charge in [0.1, 0.15) is 12.2 Å². The number of benzene rings is 3. The number of hydrogen-bond acceptors (Lipinski definition) is 6. The molecule has 1 heterocycles. The van der Waals surface area contributed by atoms with Crippen LogP contribution in [0.4, 0.5) is 0 Å². The highest BCUT2D eigenvalue weighted by Crippen LogP contribution is 2.36. The molecule has 0 radical (unpaired) electrons. The highest BCUT2D eigenvalue weighted by Gasteiger charge is 2.39. The van der Waals surface area contributed by atoms with Crippen LogP contribution < -0.4 is 14.8 Å². The SMILES string of the molecule is COC(=O)[C@H](N[C@H]1c2ccccc2C(=O)N1CCc1ccccc1)c1ccc(OC)c(OC)c1. The molecule has 1 aliphatic heterocycles. The first kappa shape index (κ1) is 23.3. The topological polar surface area (TPSA) is 77.1 Å². The van der Waals surface area contributed by atoms with Crippen molar-refractivity contribution in [2.75, 3.05) is 27.9 Å². The van der Waals surface area contributed by atoms with E-state index in [1.807, 2.05) is 54.6 Å². The van der Waals surface area contributed by atoms with Crippen LogP contribution in [0.2, 0.25) is 0 Å². The van der Waals surface area contributed by atoms with Gasteiger partial charge in [0.15, 0.2) is 11.5 Å². The Hall–Kier alpha value is -3.84. The molecular formula is C27H28N2O5. The van der Waals surface area contributed by atoms with Gasteiger partial charge in [0.05, 0.1) is 21.3 Å². The molecule has 176 valence electrons. The molecule has 34 heavy (non-hydrogen) atoms. The van der Waals surface area contributed by atoms with Crippen LogP contribution in [0.25, 0.3) is 0 Å². The molecule has 2 atom stereocenters. The molecule has 0 saturated heterocycles. The van der Waals surface area contributed by atoms with Gasteiger partial charge >= 0.3 is 5.97 Å². The van der Waals surface area contributed by atoms with E-state index < -0.39 is 18.2 Å². The number of rotatable bonds is 9. The van der Waals surface area contributed by atoms with Crippen LogP contribution in [0.5, 0.6) is 11.5 Å². The summed E-state index contributed by atoms with van der Waals surface area (Å²) in [5.41, 5.74) is 3.23. The average Bonchev–Trinajstić information content (AvgIpc) is 3.16. The summed E-state index contributed by atoms with van der Waals surface area (Å²) in [5.74, 6) is 0.521. The number of fused-ring (bicyclic) bond motifs is 1. The largest absolute Gasteiger partial charge is 0.493 e. The second-order valence-corrected chi connectivity index (χ2v) is 7.96. The Balaban J connectivity index is 1.67. The van der Waals surface area contributed by atoms with Gasteiger partial charge < -0.3 is 19.1 Å². The lowest BCUT2D eigenvalue weighted by Gasteiger charge is -2.30. The minimum absolute atomic E-state index is 0.0695. The molecular weight excluding hydrogens is 432 g/mol. The fourth-order valence-electron chi connectivity index (χ4n) is 4.28. The van der Waals surface area contributed by atoms with Crippen LogP contribution in [-0.4, -0.2) is 44.7 Å². The van der Waals surface area contributed by atoms with E-state index in [9.17, 15) is 9.59 Å². The van der Waals surface area contributed by atoms with Crippen molar-refractivity contribution in [2.24, 2.45) is 0 Å². The van der Waals surface area contributed by atoms with Crippen molar-refractivity contribution in [3.8, 4) is 11.5 Å². The summed E-state index contributed by atoms with van der Waals surface area (Å²) in [7, 11) is 4.44. The number of ether oxygens (including phenoxy) is 3. The molecule has 3 aromatic carbocycles. The number of carbonyl (C=O) groups is 2. The van der Waals surface area contributed by atoms with E-state index >= 15 is 0 Å². The Morgan fingerprint density at radius 3 is 2.35 bits per heavy atom. The molecule has 0 fully saturated rings. The van der Waals surface area contributed by atoms with Crippen LogP contribution in [0.1, 0.15) is 39.3 Å². The number of amides is 1. The molecule has 1 amide bonds. The predicted molar refractivity (Wildman–Crippen MR) is 128 cm³/mol. The minimum Gasteiger partial charge on any atom is -0.493 e. The molecule has 3 aromatic rings. The quantitative estimate of drug-likeness (QED) is 0.488. The number of hydrogen-bond donors (Lipinski definition) is 1. The summed E-state index contributed by atoms with van der Waals surface area (Å²) in [6.07, 6.45) is 0.197. The third kappa shape index (κ3) is 4.61. The third-order valence-electron chi connectivity index (χ3n) is 6.04. The first-order valence-electron chi connectivity index (χ1n) is 11.1. The summed E-state index contributed by atoms with van der Waals surface area (Å²) in [4.78, 5) is 27.9. The smallest absolute Gasteiger partial charge is 0.327 e. The van der Waals surface area contributed by atoms with E-state index in [1.54, 1.807) is 37.3 Å². The maximum atomic E-state index is 13.3. The van der Waals surface area contributed by atoms with Gasteiger partial charge in [-0.15, -0.1) is 0 Å². The van der Waals surface area contributed by atoms with E-state index in [0.29, 0.717) is 35.6 Å². The maximum absolute atomic E-state index is 13.3. The lowest BCUT2D eigenvalue weighted by atomic mass is 10.0. The van der Waals surface area contributed by atoms with Crippen molar-refractivity contribution in [3.05, 3.63) is 95.1 Å². The van der Waals surface area contributed by atoms with Crippen molar-refractivity contribution in [1.82, 2.24) is 10.2 Å². The first-order valence-corrected chi connectivity index (χ1v) is 11.1. The van der Waals surface area contributed by atoms with Gasteiger partial charge in [-0.25, -0.2) is 4.79 Å². The number of nitrogens with zero attached hydrogens (tertiary/aromatic N) is 1. The van der Waals surface area contributed by atoms with Crippen LogP contribution in [-0.2, 0) is 16.0 Å². The molecule has 1 aliphatic rings. The second-order valence-electron chi connectivity index (χ2n) is 7.96. The van der Waals surface area contributed by atoms with Gasteiger partial charge in [0.25, 0.3) is 5.91 Å². The number of methoxy groups -OCH3 is 3. The molecule has 0 aromatic heterocycles. The zero-order chi connectivity index (χ0) is 24.1. The van der Waals surface area contributed by atoms with Gasteiger partial charge in [0.2, 0.25) is 0 Å². The van der Waals surface area contributed by atoms with Crippen molar-refractivity contribution < 1.29 is 23.8 Å². The molecule has 7 heteroatoms. The predicted octanol–water partition coefficient (Wildman–Crippen LogP) is 3.90. The average molecular weight is 461 g/mol. The van der Waals surface area contributed by atoms with E-state index in [1.165, 1.54) is 7.11 Å². The molecule has 0 saturated carbocycles.